The Hall–Kier alpha value is -3.33. The van der Waals surface area contributed by atoms with Gasteiger partial charge in [-0.1, -0.05) is 18.2 Å². The number of carbonyl (C=O) groups excluding carboxylic acids is 1. The summed E-state index contributed by atoms with van der Waals surface area (Å²) in [5.41, 5.74) is 4.56. The standard InChI is InChI=1S/C18H17N7OS/c1-12-15(13(2)25(21-12)14-6-4-3-5-7-14)10-19-18(26)17-16(8-9-27-17)24-11-20-22-23-24/h3-9,11H,10H2,1-2H3,(H,19,26). The Morgan fingerprint density at radius 3 is 2.74 bits per heavy atom. The van der Waals surface area contributed by atoms with E-state index in [1.807, 2.05) is 60.3 Å². The molecule has 0 aliphatic rings. The number of hydrogen-bond acceptors (Lipinski definition) is 6. The predicted molar refractivity (Wildman–Crippen MR) is 101 cm³/mol. The van der Waals surface area contributed by atoms with E-state index in [4.69, 9.17) is 0 Å². The highest BCUT2D eigenvalue weighted by Crippen LogP contribution is 2.21. The van der Waals surface area contributed by atoms with E-state index >= 15 is 0 Å². The first-order valence-electron chi connectivity index (χ1n) is 8.34. The van der Waals surface area contributed by atoms with Crippen LogP contribution in [0.5, 0.6) is 0 Å². The van der Waals surface area contributed by atoms with Gasteiger partial charge in [0.2, 0.25) is 0 Å². The molecule has 8 nitrogen and oxygen atoms in total. The van der Waals surface area contributed by atoms with Crippen molar-refractivity contribution in [2.75, 3.05) is 0 Å². The first kappa shape index (κ1) is 17.1. The van der Waals surface area contributed by atoms with E-state index in [1.165, 1.54) is 22.3 Å². The number of benzene rings is 1. The van der Waals surface area contributed by atoms with Crippen LogP contribution in [-0.2, 0) is 6.54 Å². The van der Waals surface area contributed by atoms with Crippen molar-refractivity contribution in [3.05, 3.63) is 69.9 Å². The zero-order valence-electron chi connectivity index (χ0n) is 14.8. The van der Waals surface area contributed by atoms with Crippen LogP contribution < -0.4 is 5.32 Å². The number of para-hydroxylation sites is 1. The van der Waals surface area contributed by atoms with Crippen LogP contribution in [0.15, 0.2) is 48.1 Å². The number of tetrazole rings is 1. The number of rotatable bonds is 5. The zero-order valence-corrected chi connectivity index (χ0v) is 15.6. The fourth-order valence-corrected chi connectivity index (χ4v) is 3.72. The van der Waals surface area contributed by atoms with Gasteiger partial charge in [-0.05, 0) is 47.9 Å². The smallest absolute Gasteiger partial charge is 0.263 e. The second-order valence-electron chi connectivity index (χ2n) is 5.97. The third-order valence-corrected chi connectivity index (χ3v) is 5.22. The monoisotopic (exact) mass is 379 g/mol. The van der Waals surface area contributed by atoms with Gasteiger partial charge in [0.15, 0.2) is 0 Å². The van der Waals surface area contributed by atoms with Crippen LogP contribution in [0.4, 0.5) is 0 Å². The molecule has 4 aromatic rings. The van der Waals surface area contributed by atoms with Crippen LogP contribution in [0.1, 0.15) is 26.6 Å². The lowest BCUT2D eigenvalue weighted by Crippen LogP contribution is -2.23. The van der Waals surface area contributed by atoms with E-state index in [9.17, 15) is 4.79 Å². The number of aromatic nitrogens is 6. The minimum Gasteiger partial charge on any atom is -0.347 e. The minimum absolute atomic E-state index is 0.165. The predicted octanol–water partition coefficient (Wildman–Crippen LogP) is 2.46. The molecule has 136 valence electrons. The Morgan fingerprint density at radius 1 is 1.19 bits per heavy atom. The molecule has 1 N–H and O–H groups in total. The summed E-state index contributed by atoms with van der Waals surface area (Å²) in [5.74, 6) is -0.165. The molecule has 4 rings (SSSR count). The van der Waals surface area contributed by atoms with Crippen molar-refractivity contribution >= 4 is 17.2 Å². The molecule has 1 amide bonds. The summed E-state index contributed by atoms with van der Waals surface area (Å²) in [4.78, 5) is 13.2. The van der Waals surface area contributed by atoms with Gasteiger partial charge in [0.1, 0.15) is 11.2 Å². The van der Waals surface area contributed by atoms with Crippen LogP contribution in [0.2, 0.25) is 0 Å². The molecule has 9 heteroatoms. The molecule has 3 aromatic heterocycles. The van der Waals surface area contributed by atoms with Crippen molar-refractivity contribution in [1.82, 2.24) is 35.3 Å². The SMILES string of the molecule is Cc1nn(-c2ccccc2)c(C)c1CNC(=O)c1sccc1-n1cnnn1. The first-order valence-corrected chi connectivity index (χ1v) is 9.22. The van der Waals surface area contributed by atoms with Crippen LogP contribution in [0, 0.1) is 13.8 Å². The van der Waals surface area contributed by atoms with Gasteiger partial charge in [0, 0.05) is 17.8 Å². The maximum absolute atomic E-state index is 12.7. The van der Waals surface area contributed by atoms with Crippen molar-refractivity contribution in [2.24, 2.45) is 0 Å². The highest BCUT2D eigenvalue weighted by Gasteiger charge is 2.18. The van der Waals surface area contributed by atoms with E-state index in [-0.39, 0.29) is 5.91 Å². The summed E-state index contributed by atoms with van der Waals surface area (Å²) in [7, 11) is 0. The van der Waals surface area contributed by atoms with Crippen molar-refractivity contribution in [3.8, 4) is 11.4 Å². The van der Waals surface area contributed by atoms with E-state index in [1.54, 1.807) is 0 Å². The summed E-state index contributed by atoms with van der Waals surface area (Å²) in [6, 6.07) is 11.8. The molecular weight excluding hydrogens is 362 g/mol. The van der Waals surface area contributed by atoms with Crippen LogP contribution in [-0.4, -0.2) is 35.9 Å². The summed E-state index contributed by atoms with van der Waals surface area (Å²) in [6.07, 6.45) is 1.47. The highest BCUT2D eigenvalue weighted by molar-refractivity contribution is 7.12. The van der Waals surface area contributed by atoms with Gasteiger partial charge < -0.3 is 5.32 Å². The third kappa shape index (κ3) is 3.24. The fraction of sp³-hybridized carbons (Fsp3) is 0.167. The van der Waals surface area contributed by atoms with Gasteiger partial charge in [-0.3, -0.25) is 4.79 Å². The van der Waals surface area contributed by atoms with Gasteiger partial charge >= 0.3 is 0 Å². The first-order chi connectivity index (χ1) is 13.1. The quantitative estimate of drug-likeness (QED) is 0.575. The van der Waals surface area contributed by atoms with E-state index in [0.29, 0.717) is 17.1 Å². The molecule has 3 heterocycles. The summed E-state index contributed by atoms with van der Waals surface area (Å²) >= 11 is 1.35. The third-order valence-electron chi connectivity index (χ3n) is 4.31. The Balaban J connectivity index is 1.54. The number of nitrogens with zero attached hydrogens (tertiary/aromatic N) is 6. The minimum atomic E-state index is -0.165. The van der Waals surface area contributed by atoms with Gasteiger partial charge in [-0.15, -0.1) is 16.4 Å². The van der Waals surface area contributed by atoms with E-state index in [2.05, 4.69) is 25.9 Å². The van der Waals surface area contributed by atoms with Crippen LogP contribution in [0.25, 0.3) is 11.4 Å². The molecule has 0 bridgehead atoms. The molecule has 0 radical (unpaired) electrons. The van der Waals surface area contributed by atoms with Crippen molar-refractivity contribution in [1.29, 1.82) is 0 Å². The lowest BCUT2D eigenvalue weighted by molar-refractivity contribution is 0.0955. The Morgan fingerprint density at radius 2 is 2.00 bits per heavy atom. The average molecular weight is 379 g/mol. The largest absolute Gasteiger partial charge is 0.347 e. The summed E-state index contributed by atoms with van der Waals surface area (Å²) < 4.78 is 3.38. The number of nitrogens with one attached hydrogen (secondary N) is 1. The maximum atomic E-state index is 12.7. The number of hydrogen-bond donors (Lipinski definition) is 1. The molecule has 0 atom stereocenters. The van der Waals surface area contributed by atoms with Crippen LogP contribution >= 0.6 is 11.3 Å². The zero-order chi connectivity index (χ0) is 18.8. The second kappa shape index (κ2) is 7.12. The lowest BCUT2D eigenvalue weighted by atomic mass is 10.2. The van der Waals surface area contributed by atoms with Crippen molar-refractivity contribution in [3.63, 3.8) is 0 Å². The van der Waals surface area contributed by atoms with Gasteiger partial charge in [-0.2, -0.15) is 9.78 Å². The lowest BCUT2D eigenvalue weighted by Gasteiger charge is -2.07. The average Bonchev–Trinajstić information content (AvgIpc) is 3.41. The number of thiophene rings is 1. The molecular formula is C18H17N7OS. The van der Waals surface area contributed by atoms with E-state index in [0.717, 1.165) is 22.6 Å². The van der Waals surface area contributed by atoms with Crippen molar-refractivity contribution < 1.29 is 4.79 Å². The molecule has 0 unspecified atom stereocenters. The molecule has 0 saturated carbocycles. The fourth-order valence-electron chi connectivity index (χ4n) is 2.92. The Labute approximate surface area is 159 Å². The molecule has 0 saturated heterocycles. The van der Waals surface area contributed by atoms with Gasteiger partial charge in [0.05, 0.1) is 17.1 Å². The second-order valence-corrected chi connectivity index (χ2v) is 6.88. The topological polar surface area (TPSA) is 90.5 Å². The molecule has 0 aliphatic heterocycles. The maximum Gasteiger partial charge on any atom is 0.263 e. The summed E-state index contributed by atoms with van der Waals surface area (Å²) in [5, 5.41) is 20.5. The van der Waals surface area contributed by atoms with Crippen molar-refractivity contribution in [2.45, 2.75) is 20.4 Å². The number of aryl methyl sites for hydroxylation is 1. The van der Waals surface area contributed by atoms with Gasteiger partial charge in [-0.25, -0.2) is 4.68 Å². The summed E-state index contributed by atoms with van der Waals surface area (Å²) in [6.45, 7) is 4.36. The molecule has 1 aromatic carbocycles. The molecule has 0 spiro atoms. The number of amides is 1. The molecule has 0 fully saturated rings. The molecule has 0 aliphatic carbocycles. The molecule has 27 heavy (non-hydrogen) atoms. The number of carbonyl (C=O) groups is 1. The normalized spacial score (nSPS) is 10.9. The highest BCUT2D eigenvalue weighted by atomic mass is 32.1. The van der Waals surface area contributed by atoms with Crippen LogP contribution in [0.3, 0.4) is 0 Å². The Kier molecular flexibility index (Phi) is 4.51. The van der Waals surface area contributed by atoms with E-state index < -0.39 is 0 Å². The Bertz CT molecular complexity index is 1070. The van der Waals surface area contributed by atoms with Gasteiger partial charge in [0.25, 0.3) is 5.91 Å².